The Balaban J connectivity index is 1.67. The molecule has 0 spiro atoms. The van der Waals surface area contributed by atoms with Crippen molar-refractivity contribution in [2.75, 3.05) is 25.6 Å². The van der Waals surface area contributed by atoms with Gasteiger partial charge in [0.05, 0.1) is 32.7 Å². The quantitative estimate of drug-likeness (QED) is 0.769. The Morgan fingerprint density at radius 2 is 2.20 bits per heavy atom. The first-order chi connectivity index (χ1) is 14.4. The van der Waals surface area contributed by atoms with Crippen LogP contribution in [0.2, 0.25) is 0 Å². The smallest absolute Gasteiger partial charge is 0.275 e. The monoisotopic (exact) mass is 429 g/mol. The number of aromatic nitrogens is 2. The molecule has 30 heavy (non-hydrogen) atoms. The molecule has 0 radical (unpaired) electrons. The van der Waals surface area contributed by atoms with E-state index in [9.17, 15) is 9.18 Å². The summed E-state index contributed by atoms with van der Waals surface area (Å²) in [6, 6.07) is 4.35. The second-order valence-electron chi connectivity index (χ2n) is 6.92. The van der Waals surface area contributed by atoms with Crippen LogP contribution >= 0.6 is 11.8 Å². The summed E-state index contributed by atoms with van der Waals surface area (Å²) >= 11 is 1.40. The van der Waals surface area contributed by atoms with Crippen molar-refractivity contribution in [1.82, 2.24) is 9.97 Å². The standard InChI is InChI=1S/C20H20FN5O3S/c1-20(13-10-29-6-5-16(13)30-19(22)26-20)12-7-11(3-4-14(12)21)25-18(27)15-8-24-17(28-2)9-23-15/h3-4,7-9H,5-6,10H2,1-2H3,(H2,22,26)(H,25,27)/t20-/m1/s1. The topological polar surface area (TPSA) is 112 Å². The van der Waals surface area contributed by atoms with E-state index in [1.54, 1.807) is 6.07 Å². The molecule has 0 fully saturated rings. The summed E-state index contributed by atoms with van der Waals surface area (Å²) in [4.78, 5) is 26.1. The number of rotatable bonds is 4. The molecule has 156 valence electrons. The molecule has 10 heteroatoms. The second kappa shape index (κ2) is 8.04. The Kier molecular flexibility index (Phi) is 5.44. The summed E-state index contributed by atoms with van der Waals surface area (Å²) in [7, 11) is 1.46. The van der Waals surface area contributed by atoms with Crippen molar-refractivity contribution < 1.29 is 18.7 Å². The van der Waals surface area contributed by atoms with Crippen molar-refractivity contribution in [2.45, 2.75) is 18.9 Å². The first kappa shape index (κ1) is 20.3. The number of amides is 1. The number of nitrogens with zero attached hydrogens (tertiary/aromatic N) is 3. The Bertz CT molecular complexity index is 1060. The molecule has 1 aromatic heterocycles. The summed E-state index contributed by atoms with van der Waals surface area (Å²) in [6.45, 7) is 2.76. The largest absolute Gasteiger partial charge is 0.480 e. The van der Waals surface area contributed by atoms with E-state index in [0.29, 0.717) is 41.9 Å². The number of hydrogen-bond acceptors (Lipinski definition) is 8. The van der Waals surface area contributed by atoms with Crippen LogP contribution in [0.5, 0.6) is 5.88 Å². The molecule has 0 bridgehead atoms. The van der Waals surface area contributed by atoms with Gasteiger partial charge in [0.1, 0.15) is 17.1 Å². The molecule has 0 saturated carbocycles. The average molecular weight is 429 g/mol. The lowest BCUT2D eigenvalue weighted by molar-refractivity contribution is 0.102. The van der Waals surface area contributed by atoms with Crippen LogP contribution in [0.25, 0.3) is 0 Å². The predicted molar refractivity (Wildman–Crippen MR) is 112 cm³/mol. The number of carbonyl (C=O) groups is 1. The van der Waals surface area contributed by atoms with Crippen molar-refractivity contribution in [1.29, 1.82) is 0 Å². The minimum Gasteiger partial charge on any atom is -0.480 e. The highest BCUT2D eigenvalue weighted by molar-refractivity contribution is 8.17. The number of nitrogens with one attached hydrogen (secondary N) is 1. The van der Waals surface area contributed by atoms with E-state index in [1.165, 1.54) is 43.4 Å². The van der Waals surface area contributed by atoms with Gasteiger partial charge in [-0.05, 0) is 35.6 Å². The van der Waals surface area contributed by atoms with Gasteiger partial charge in [-0.3, -0.25) is 4.79 Å². The lowest BCUT2D eigenvalue weighted by Crippen LogP contribution is -2.35. The van der Waals surface area contributed by atoms with Gasteiger partial charge in [0, 0.05) is 17.7 Å². The maximum Gasteiger partial charge on any atom is 0.275 e. The number of hydrogen-bond donors (Lipinski definition) is 2. The Hall–Kier alpha value is -2.98. The number of methoxy groups -OCH3 is 1. The van der Waals surface area contributed by atoms with Crippen LogP contribution in [-0.2, 0) is 10.3 Å². The molecule has 0 unspecified atom stereocenters. The van der Waals surface area contributed by atoms with E-state index in [0.717, 1.165) is 10.5 Å². The van der Waals surface area contributed by atoms with Gasteiger partial charge in [0.15, 0.2) is 5.17 Å². The van der Waals surface area contributed by atoms with Gasteiger partial charge in [-0.25, -0.2) is 19.4 Å². The van der Waals surface area contributed by atoms with Crippen LogP contribution in [-0.4, -0.2) is 41.4 Å². The van der Waals surface area contributed by atoms with E-state index < -0.39 is 17.3 Å². The molecule has 2 aromatic rings. The Labute approximate surface area is 176 Å². The number of carbonyl (C=O) groups excluding carboxylic acids is 1. The fourth-order valence-corrected chi connectivity index (χ4v) is 4.51. The molecule has 0 saturated heterocycles. The van der Waals surface area contributed by atoms with Gasteiger partial charge in [-0.1, -0.05) is 11.8 Å². The molecule has 0 aliphatic carbocycles. The molecule has 3 heterocycles. The second-order valence-corrected chi connectivity index (χ2v) is 8.04. The van der Waals surface area contributed by atoms with Crippen LogP contribution in [0.1, 0.15) is 29.4 Å². The first-order valence-corrected chi connectivity index (χ1v) is 10.0. The molecule has 2 aliphatic heterocycles. The third kappa shape index (κ3) is 3.75. The number of nitrogens with two attached hydrogens (primary N) is 1. The molecule has 8 nitrogen and oxygen atoms in total. The zero-order valence-corrected chi connectivity index (χ0v) is 17.3. The zero-order chi connectivity index (χ0) is 21.3. The van der Waals surface area contributed by atoms with E-state index in [4.69, 9.17) is 15.2 Å². The summed E-state index contributed by atoms with van der Waals surface area (Å²) in [6.07, 6.45) is 3.36. The number of benzene rings is 1. The van der Waals surface area contributed by atoms with Crippen LogP contribution in [0.3, 0.4) is 0 Å². The average Bonchev–Trinajstić information content (AvgIpc) is 2.75. The zero-order valence-electron chi connectivity index (χ0n) is 16.4. The maximum atomic E-state index is 14.9. The fourth-order valence-electron chi connectivity index (χ4n) is 3.46. The van der Waals surface area contributed by atoms with Crippen molar-refractivity contribution in [3.8, 4) is 5.88 Å². The summed E-state index contributed by atoms with van der Waals surface area (Å²) < 4.78 is 25.4. The van der Waals surface area contributed by atoms with Crippen molar-refractivity contribution in [3.05, 3.63) is 58.1 Å². The highest BCUT2D eigenvalue weighted by atomic mass is 32.2. The minimum absolute atomic E-state index is 0.106. The van der Waals surface area contributed by atoms with Crippen molar-refractivity contribution in [2.24, 2.45) is 10.7 Å². The van der Waals surface area contributed by atoms with Crippen molar-refractivity contribution in [3.63, 3.8) is 0 Å². The number of ether oxygens (including phenoxy) is 2. The van der Waals surface area contributed by atoms with Crippen LogP contribution in [0.4, 0.5) is 10.1 Å². The molecule has 4 rings (SSSR count). The van der Waals surface area contributed by atoms with E-state index in [2.05, 4.69) is 20.3 Å². The molecule has 3 N–H and O–H groups in total. The van der Waals surface area contributed by atoms with Gasteiger partial charge in [-0.15, -0.1) is 0 Å². The number of amidine groups is 1. The van der Waals surface area contributed by atoms with Crippen LogP contribution < -0.4 is 15.8 Å². The van der Waals surface area contributed by atoms with Crippen LogP contribution in [0, 0.1) is 5.82 Å². The van der Waals surface area contributed by atoms with Gasteiger partial charge in [-0.2, -0.15) is 0 Å². The predicted octanol–water partition coefficient (Wildman–Crippen LogP) is 2.83. The van der Waals surface area contributed by atoms with Gasteiger partial charge in [0.25, 0.3) is 5.91 Å². The molecular weight excluding hydrogens is 409 g/mol. The van der Waals surface area contributed by atoms with Crippen molar-refractivity contribution >= 4 is 28.5 Å². The number of aliphatic imine (C=N–C) groups is 1. The minimum atomic E-state index is -1.02. The lowest BCUT2D eigenvalue weighted by Gasteiger charge is -2.37. The van der Waals surface area contributed by atoms with E-state index in [1.807, 2.05) is 6.92 Å². The van der Waals surface area contributed by atoms with Gasteiger partial charge in [0.2, 0.25) is 5.88 Å². The van der Waals surface area contributed by atoms with Crippen LogP contribution in [0.15, 0.2) is 46.1 Å². The lowest BCUT2D eigenvalue weighted by atomic mass is 9.83. The first-order valence-electron chi connectivity index (χ1n) is 9.21. The third-order valence-electron chi connectivity index (χ3n) is 5.02. The maximum absolute atomic E-state index is 14.9. The SMILES string of the molecule is COc1cnc(C(=O)Nc2ccc(F)c([C@@]3(C)N=C(N)SC4=C3COCC4)c2)cn1. The van der Waals surface area contributed by atoms with Gasteiger partial charge < -0.3 is 20.5 Å². The Morgan fingerprint density at radius 1 is 1.37 bits per heavy atom. The Morgan fingerprint density at radius 3 is 2.93 bits per heavy atom. The normalized spacial score (nSPS) is 21.0. The van der Waals surface area contributed by atoms with E-state index >= 15 is 0 Å². The third-order valence-corrected chi connectivity index (χ3v) is 6.02. The highest BCUT2D eigenvalue weighted by Gasteiger charge is 2.40. The number of halogens is 1. The molecule has 1 amide bonds. The number of anilines is 1. The molecular formula is C20H20FN5O3S. The molecule has 1 aromatic carbocycles. The summed E-state index contributed by atoms with van der Waals surface area (Å²) in [5.74, 6) is -0.621. The number of thioether (sulfide) groups is 1. The fraction of sp³-hybridized carbons (Fsp3) is 0.300. The van der Waals surface area contributed by atoms with Gasteiger partial charge >= 0.3 is 0 Å². The molecule has 2 aliphatic rings. The molecule has 1 atom stereocenters. The highest BCUT2D eigenvalue weighted by Crippen LogP contribution is 2.46. The van der Waals surface area contributed by atoms with E-state index in [-0.39, 0.29) is 5.69 Å². The summed E-state index contributed by atoms with van der Waals surface area (Å²) in [5.41, 5.74) is 6.73. The summed E-state index contributed by atoms with van der Waals surface area (Å²) in [5, 5.41) is 3.10.